The molecule has 2 N–H and O–H groups in total. The van der Waals surface area contributed by atoms with Gasteiger partial charge < -0.3 is 9.84 Å². The SMILES string of the molecule is CCOc1cc(C=C2C(=O)NC(=O)N(C3CCCCC3)C2=O)ccc1O. The quantitative estimate of drug-likeness (QED) is 0.637. The molecule has 1 aliphatic heterocycles. The van der Waals surface area contributed by atoms with Gasteiger partial charge in [-0.15, -0.1) is 0 Å². The first-order valence-electron chi connectivity index (χ1n) is 8.87. The molecule has 1 saturated heterocycles. The number of ether oxygens (including phenoxy) is 1. The third-order valence-electron chi connectivity index (χ3n) is 4.67. The van der Waals surface area contributed by atoms with Gasteiger partial charge in [0.1, 0.15) is 5.57 Å². The molecule has 2 aliphatic rings. The van der Waals surface area contributed by atoms with Crippen molar-refractivity contribution in [3.05, 3.63) is 29.3 Å². The van der Waals surface area contributed by atoms with E-state index in [0.717, 1.165) is 32.1 Å². The zero-order valence-electron chi connectivity index (χ0n) is 14.7. The van der Waals surface area contributed by atoms with Crippen molar-refractivity contribution in [3.8, 4) is 11.5 Å². The Morgan fingerprint density at radius 3 is 2.65 bits per heavy atom. The minimum atomic E-state index is -0.710. The standard InChI is InChI=1S/C19H22N2O5/c1-2-26-16-11-12(8-9-15(16)22)10-14-17(23)20-19(25)21(18(14)24)13-6-4-3-5-7-13/h8-11,13,22H,2-7H2,1H3,(H,20,23,25). The fourth-order valence-corrected chi connectivity index (χ4v) is 3.40. The molecule has 138 valence electrons. The first-order valence-corrected chi connectivity index (χ1v) is 8.87. The molecular weight excluding hydrogens is 336 g/mol. The number of rotatable bonds is 4. The molecule has 3 rings (SSSR count). The Bertz CT molecular complexity index is 765. The number of benzene rings is 1. The van der Waals surface area contributed by atoms with E-state index in [1.54, 1.807) is 19.1 Å². The lowest BCUT2D eigenvalue weighted by atomic mass is 9.93. The van der Waals surface area contributed by atoms with E-state index in [9.17, 15) is 19.5 Å². The Balaban J connectivity index is 1.91. The average molecular weight is 358 g/mol. The molecule has 1 aliphatic carbocycles. The van der Waals surface area contributed by atoms with Crippen LogP contribution < -0.4 is 10.1 Å². The van der Waals surface area contributed by atoms with Crippen LogP contribution in [-0.4, -0.2) is 40.5 Å². The summed E-state index contributed by atoms with van der Waals surface area (Å²) in [7, 11) is 0. The first kappa shape index (κ1) is 18.0. The summed E-state index contributed by atoms with van der Waals surface area (Å²) in [6, 6.07) is 3.74. The second-order valence-electron chi connectivity index (χ2n) is 6.44. The van der Waals surface area contributed by atoms with Crippen molar-refractivity contribution >= 4 is 23.9 Å². The molecule has 1 aromatic rings. The number of aromatic hydroxyl groups is 1. The predicted molar refractivity (Wildman–Crippen MR) is 94.5 cm³/mol. The highest BCUT2D eigenvalue weighted by atomic mass is 16.5. The van der Waals surface area contributed by atoms with Crippen molar-refractivity contribution in [1.82, 2.24) is 10.2 Å². The maximum absolute atomic E-state index is 12.8. The van der Waals surface area contributed by atoms with Crippen molar-refractivity contribution in [3.63, 3.8) is 0 Å². The van der Waals surface area contributed by atoms with Crippen LogP contribution in [0.4, 0.5) is 4.79 Å². The number of hydrogen-bond acceptors (Lipinski definition) is 5. The van der Waals surface area contributed by atoms with Crippen LogP contribution in [0, 0.1) is 0 Å². The molecule has 1 heterocycles. The van der Waals surface area contributed by atoms with E-state index in [2.05, 4.69) is 5.32 Å². The molecule has 1 saturated carbocycles. The molecule has 2 fully saturated rings. The number of amides is 4. The van der Waals surface area contributed by atoms with E-state index in [4.69, 9.17) is 4.74 Å². The summed E-state index contributed by atoms with van der Waals surface area (Å²) in [5.41, 5.74) is 0.436. The number of phenols is 1. The van der Waals surface area contributed by atoms with E-state index in [0.29, 0.717) is 12.2 Å². The Kier molecular flexibility index (Phi) is 5.25. The molecule has 0 atom stereocenters. The summed E-state index contributed by atoms with van der Waals surface area (Å²) in [4.78, 5) is 38.4. The van der Waals surface area contributed by atoms with Crippen LogP contribution in [0.2, 0.25) is 0 Å². The number of nitrogens with one attached hydrogen (secondary N) is 1. The molecule has 26 heavy (non-hydrogen) atoms. The van der Waals surface area contributed by atoms with Crippen LogP contribution >= 0.6 is 0 Å². The largest absolute Gasteiger partial charge is 0.504 e. The van der Waals surface area contributed by atoms with Crippen LogP contribution in [0.3, 0.4) is 0 Å². The third kappa shape index (κ3) is 3.56. The lowest BCUT2D eigenvalue weighted by Gasteiger charge is -2.35. The highest BCUT2D eigenvalue weighted by molar-refractivity contribution is 6.31. The summed E-state index contributed by atoms with van der Waals surface area (Å²) in [5, 5.41) is 12.0. The summed E-state index contributed by atoms with van der Waals surface area (Å²) in [6.07, 6.45) is 5.95. The normalized spacial score (nSPS) is 20.4. The number of imide groups is 2. The molecule has 0 radical (unpaired) electrons. The Morgan fingerprint density at radius 2 is 1.96 bits per heavy atom. The van der Waals surface area contributed by atoms with Crippen molar-refractivity contribution in [2.75, 3.05) is 6.61 Å². The van der Waals surface area contributed by atoms with Crippen LogP contribution in [0.15, 0.2) is 23.8 Å². The van der Waals surface area contributed by atoms with Crippen LogP contribution in [0.1, 0.15) is 44.6 Å². The van der Waals surface area contributed by atoms with Gasteiger partial charge >= 0.3 is 6.03 Å². The molecule has 4 amide bonds. The van der Waals surface area contributed by atoms with E-state index in [1.165, 1.54) is 17.0 Å². The third-order valence-corrected chi connectivity index (χ3v) is 4.67. The second kappa shape index (κ2) is 7.59. The van der Waals surface area contributed by atoms with Crippen molar-refractivity contribution in [2.45, 2.75) is 45.1 Å². The Morgan fingerprint density at radius 1 is 1.23 bits per heavy atom. The minimum Gasteiger partial charge on any atom is -0.504 e. The molecule has 1 aromatic carbocycles. The van der Waals surface area contributed by atoms with Gasteiger partial charge in [0, 0.05) is 6.04 Å². The van der Waals surface area contributed by atoms with Gasteiger partial charge in [-0.05, 0) is 43.5 Å². The number of urea groups is 1. The summed E-state index contributed by atoms with van der Waals surface area (Å²) in [6.45, 7) is 2.16. The van der Waals surface area contributed by atoms with Gasteiger partial charge in [0.15, 0.2) is 11.5 Å². The number of carbonyl (C=O) groups excluding carboxylic acids is 3. The fraction of sp³-hybridized carbons (Fsp3) is 0.421. The van der Waals surface area contributed by atoms with E-state index in [1.807, 2.05) is 0 Å². The smallest absolute Gasteiger partial charge is 0.331 e. The van der Waals surface area contributed by atoms with Gasteiger partial charge in [0.25, 0.3) is 11.8 Å². The molecular formula is C19H22N2O5. The first-order chi connectivity index (χ1) is 12.5. The van der Waals surface area contributed by atoms with Gasteiger partial charge in [-0.25, -0.2) is 4.79 Å². The molecule has 0 aromatic heterocycles. The number of carbonyl (C=O) groups is 3. The molecule has 7 heteroatoms. The number of nitrogens with zero attached hydrogens (tertiary/aromatic N) is 1. The van der Waals surface area contributed by atoms with E-state index >= 15 is 0 Å². The van der Waals surface area contributed by atoms with Gasteiger partial charge in [-0.1, -0.05) is 25.3 Å². The highest BCUT2D eigenvalue weighted by Gasteiger charge is 2.40. The van der Waals surface area contributed by atoms with Crippen LogP contribution in [0.25, 0.3) is 6.08 Å². The lowest BCUT2D eigenvalue weighted by Crippen LogP contribution is -2.58. The fourth-order valence-electron chi connectivity index (χ4n) is 3.40. The second-order valence-corrected chi connectivity index (χ2v) is 6.44. The Hall–Kier alpha value is -2.83. The van der Waals surface area contributed by atoms with Gasteiger partial charge in [0.05, 0.1) is 6.61 Å². The number of barbiturate groups is 1. The molecule has 7 nitrogen and oxygen atoms in total. The summed E-state index contributed by atoms with van der Waals surface area (Å²) >= 11 is 0. The zero-order chi connectivity index (χ0) is 18.7. The maximum atomic E-state index is 12.8. The van der Waals surface area contributed by atoms with Crippen LogP contribution in [-0.2, 0) is 9.59 Å². The van der Waals surface area contributed by atoms with Crippen molar-refractivity contribution < 1.29 is 24.2 Å². The average Bonchev–Trinajstić information content (AvgIpc) is 2.62. The van der Waals surface area contributed by atoms with Gasteiger partial charge in [0.2, 0.25) is 0 Å². The van der Waals surface area contributed by atoms with E-state index in [-0.39, 0.29) is 23.1 Å². The molecule has 0 unspecified atom stereocenters. The zero-order valence-corrected chi connectivity index (χ0v) is 14.7. The van der Waals surface area contributed by atoms with Crippen molar-refractivity contribution in [1.29, 1.82) is 0 Å². The highest BCUT2D eigenvalue weighted by Crippen LogP contribution is 2.29. The number of hydrogen-bond donors (Lipinski definition) is 2. The van der Waals surface area contributed by atoms with Gasteiger partial charge in [-0.3, -0.25) is 19.8 Å². The summed E-state index contributed by atoms with van der Waals surface area (Å²) < 4.78 is 5.32. The number of phenolic OH excluding ortho intramolecular Hbond substituents is 1. The minimum absolute atomic E-state index is 0.0209. The monoisotopic (exact) mass is 358 g/mol. The van der Waals surface area contributed by atoms with Crippen LogP contribution in [0.5, 0.6) is 11.5 Å². The molecule has 0 bridgehead atoms. The predicted octanol–water partition coefficient (Wildman–Crippen LogP) is 2.59. The topological polar surface area (TPSA) is 95.9 Å². The maximum Gasteiger partial charge on any atom is 0.331 e. The van der Waals surface area contributed by atoms with E-state index < -0.39 is 17.8 Å². The Labute approximate surface area is 151 Å². The lowest BCUT2D eigenvalue weighted by molar-refractivity contribution is -0.132. The van der Waals surface area contributed by atoms with Gasteiger partial charge in [-0.2, -0.15) is 0 Å². The summed E-state index contributed by atoms with van der Waals surface area (Å²) in [5.74, 6) is -1.03. The van der Waals surface area contributed by atoms with Crippen molar-refractivity contribution in [2.24, 2.45) is 0 Å². The molecule has 0 spiro atoms.